The second-order valence-corrected chi connectivity index (χ2v) is 3.08. The number of rotatable bonds is 3. The molecule has 0 aliphatic carbocycles. The van der Waals surface area contributed by atoms with E-state index >= 15 is 0 Å². The van der Waals surface area contributed by atoms with Gasteiger partial charge in [0.1, 0.15) is 11.6 Å². The second kappa shape index (κ2) is 4.50. The highest BCUT2D eigenvalue weighted by Gasteiger charge is 1.95. The van der Waals surface area contributed by atoms with Crippen LogP contribution in [0.4, 0.5) is 10.2 Å². The predicted octanol–water partition coefficient (Wildman–Crippen LogP) is 2.23. The van der Waals surface area contributed by atoms with Gasteiger partial charge in [-0.3, -0.25) is 4.98 Å². The summed E-state index contributed by atoms with van der Waals surface area (Å²) in [5, 5.41) is 3.07. The fourth-order valence-corrected chi connectivity index (χ4v) is 1.18. The van der Waals surface area contributed by atoms with Crippen molar-refractivity contribution in [1.29, 1.82) is 0 Å². The molecule has 0 aliphatic heterocycles. The minimum Gasteiger partial charge on any atom is -0.366 e. The lowest BCUT2D eigenvalue weighted by Gasteiger charge is -2.04. The molecule has 0 unspecified atom stereocenters. The van der Waals surface area contributed by atoms with Crippen LogP contribution >= 0.6 is 0 Å². The van der Waals surface area contributed by atoms with Gasteiger partial charge < -0.3 is 5.32 Å². The summed E-state index contributed by atoms with van der Waals surface area (Å²) in [6, 6.07) is 6.81. The highest BCUT2D eigenvalue weighted by atomic mass is 19.1. The summed E-state index contributed by atoms with van der Waals surface area (Å²) in [6.07, 6.45) is 4.68. The Bertz CT molecular complexity index is 414. The zero-order valence-electron chi connectivity index (χ0n) is 8.02. The molecular formula is C11H10FN3. The largest absolute Gasteiger partial charge is 0.366 e. The van der Waals surface area contributed by atoms with Gasteiger partial charge in [0, 0.05) is 18.9 Å². The number of nitrogens with one attached hydrogen (secondary N) is 1. The fourth-order valence-electron chi connectivity index (χ4n) is 1.18. The first kappa shape index (κ1) is 9.58. The van der Waals surface area contributed by atoms with Crippen LogP contribution in [0.3, 0.4) is 0 Å². The van der Waals surface area contributed by atoms with Crippen LogP contribution in [0.2, 0.25) is 0 Å². The summed E-state index contributed by atoms with van der Waals surface area (Å²) in [4.78, 5) is 7.88. The molecule has 3 nitrogen and oxygen atoms in total. The Balaban J connectivity index is 1.96. The molecule has 1 N–H and O–H groups in total. The van der Waals surface area contributed by atoms with Crippen LogP contribution in [-0.2, 0) is 6.54 Å². The van der Waals surface area contributed by atoms with Crippen molar-refractivity contribution < 1.29 is 4.39 Å². The summed E-state index contributed by atoms with van der Waals surface area (Å²) in [5.74, 6) is 0.321. The van der Waals surface area contributed by atoms with Crippen LogP contribution < -0.4 is 5.32 Å². The maximum atomic E-state index is 12.5. The average Bonchev–Trinajstić information content (AvgIpc) is 2.30. The molecule has 2 aromatic heterocycles. The third-order valence-corrected chi connectivity index (χ3v) is 1.92. The molecule has 2 aromatic rings. The van der Waals surface area contributed by atoms with Gasteiger partial charge in [-0.05, 0) is 23.8 Å². The summed E-state index contributed by atoms with van der Waals surface area (Å²) in [5.41, 5.74) is 1.06. The zero-order valence-corrected chi connectivity index (χ0v) is 8.02. The number of nitrogens with zero attached hydrogens (tertiary/aromatic N) is 2. The van der Waals surface area contributed by atoms with Crippen LogP contribution in [0.5, 0.6) is 0 Å². The summed E-state index contributed by atoms with van der Waals surface area (Å²) in [6.45, 7) is 0.631. The molecule has 2 rings (SSSR count). The van der Waals surface area contributed by atoms with E-state index in [1.807, 2.05) is 12.1 Å². The fraction of sp³-hybridized carbons (Fsp3) is 0.0909. The number of hydrogen-bond donors (Lipinski definition) is 1. The average molecular weight is 203 g/mol. The standard InChI is InChI=1S/C11H10FN3/c12-10-3-4-11(15-8-10)14-7-9-2-1-5-13-6-9/h1-6,8H,7H2,(H,14,15). The van der Waals surface area contributed by atoms with Crippen molar-refractivity contribution in [2.45, 2.75) is 6.54 Å². The van der Waals surface area contributed by atoms with Gasteiger partial charge in [0.15, 0.2) is 0 Å². The van der Waals surface area contributed by atoms with Gasteiger partial charge in [0.05, 0.1) is 6.20 Å². The second-order valence-electron chi connectivity index (χ2n) is 3.08. The highest BCUT2D eigenvalue weighted by molar-refractivity contribution is 5.34. The zero-order chi connectivity index (χ0) is 10.5. The molecule has 0 aromatic carbocycles. The lowest BCUT2D eigenvalue weighted by atomic mass is 10.3. The normalized spacial score (nSPS) is 9.93. The molecule has 0 saturated carbocycles. The van der Waals surface area contributed by atoms with Crippen LogP contribution in [-0.4, -0.2) is 9.97 Å². The Morgan fingerprint density at radius 1 is 1.20 bits per heavy atom. The number of anilines is 1. The van der Waals surface area contributed by atoms with E-state index in [0.717, 1.165) is 5.56 Å². The molecule has 0 saturated heterocycles. The molecule has 0 aliphatic rings. The minimum atomic E-state index is -0.332. The molecular weight excluding hydrogens is 193 g/mol. The molecule has 4 heteroatoms. The SMILES string of the molecule is Fc1ccc(NCc2cccnc2)nc1. The summed E-state index contributed by atoms with van der Waals surface area (Å²) >= 11 is 0. The van der Waals surface area contributed by atoms with Crippen LogP contribution in [0.15, 0.2) is 42.9 Å². The molecule has 0 bridgehead atoms. The first-order chi connectivity index (χ1) is 7.34. The number of halogens is 1. The van der Waals surface area contributed by atoms with Crippen molar-refractivity contribution in [2.24, 2.45) is 0 Å². The molecule has 0 radical (unpaired) electrons. The Kier molecular flexibility index (Phi) is 2.88. The first-order valence-electron chi connectivity index (χ1n) is 4.59. The molecule has 0 fully saturated rings. The van der Waals surface area contributed by atoms with Gasteiger partial charge in [-0.25, -0.2) is 9.37 Å². The van der Waals surface area contributed by atoms with E-state index in [9.17, 15) is 4.39 Å². The maximum absolute atomic E-state index is 12.5. The van der Waals surface area contributed by atoms with Crippen molar-refractivity contribution in [2.75, 3.05) is 5.32 Å². The van der Waals surface area contributed by atoms with E-state index in [2.05, 4.69) is 15.3 Å². The lowest BCUT2D eigenvalue weighted by molar-refractivity contribution is 0.621. The first-order valence-corrected chi connectivity index (χ1v) is 4.59. The van der Waals surface area contributed by atoms with Gasteiger partial charge in [-0.15, -0.1) is 0 Å². The van der Waals surface area contributed by atoms with Gasteiger partial charge in [0.2, 0.25) is 0 Å². The van der Waals surface area contributed by atoms with E-state index < -0.39 is 0 Å². The van der Waals surface area contributed by atoms with E-state index in [0.29, 0.717) is 12.4 Å². The van der Waals surface area contributed by atoms with Crippen molar-refractivity contribution in [3.8, 4) is 0 Å². The van der Waals surface area contributed by atoms with Crippen molar-refractivity contribution in [1.82, 2.24) is 9.97 Å². The lowest BCUT2D eigenvalue weighted by Crippen LogP contribution is -2.01. The Morgan fingerprint density at radius 2 is 2.13 bits per heavy atom. The van der Waals surface area contributed by atoms with Crippen LogP contribution in [0.25, 0.3) is 0 Å². The van der Waals surface area contributed by atoms with Gasteiger partial charge >= 0.3 is 0 Å². The highest BCUT2D eigenvalue weighted by Crippen LogP contribution is 2.05. The van der Waals surface area contributed by atoms with Gasteiger partial charge in [-0.1, -0.05) is 6.07 Å². The van der Waals surface area contributed by atoms with Crippen LogP contribution in [0, 0.1) is 5.82 Å². The maximum Gasteiger partial charge on any atom is 0.141 e. The summed E-state index contributed by atoms with van der Waals surface area (Å²) < 4.78 is 12.5. The van der Waals surface area contributed by atoms with E-state index in [-0.39, 0.29) is 5.82 Å². The number of pyridine rings is 2. The molecule has 76 valence electrons. The number of aromatic nitrogens is 2. The van der Waals surface area contributed by atoms with Crippen molar-refractivity contribution in [3.63, 3.8) is 0 Å². The number of hydrogen-bond acceptors (Lipinski definition) is 3. The Morgan fingerprint density at radius 3 is 2.80 bits per heavy atom. The van der Waals surface area contributed by atoms with E-state index in [1.165, 1.54) is 12.3 Å². The van der Waals surface area contributed by atoms with Gasteiger partial charge in [0.25, 0.3) is 0 Å². The minimum absolute atomic E-state index is 0.332. The van der Waals surface area contributed by atoms with E-state index in [4.69, 9.17) is 0 Å². The molecule has 0 amide bonds. The predicted molar refractivity (Wildman–Crippen MR) is 55.8 cm³/mol. The Hall–Kier alpha value is -1.97. The topological polar surface area (TPSA) is 37.8 Å². The quantitative estimate of drug-likeness (QED) is 0.831. The monoisotopic (exact) mass is 203 g/mol. The smallest absolute Gasteiger partial charge is 0.141 e. The molecule has 0 atom stereocenters. The third-order valence-electron chi connectivity index (χ3n) is 1.92. The molecule has 0 spiro atoms. The van der Waals surface area contributed by atoms with E-state index in [1.54, 1.807) is 18.5 Å². The van der Waals surface area contributed by atoms with Crippen molar-refractivity contribution >= 4 is 5.82 Å². The molecule has 2 heterocycles. The van der Waals surface area contributed by atoms with Crippen molar-refractivity contribution in [3.05, 3.63) is 54.2 Å². The van der Waals surface area contributed by atoms with Gasteiger partial charge in [-0.2, -0.15) is 0 Å². The van der Waals surface area contributed by atoms with Crippen LogP contribution in [0.1, 0.15) is 5.56 Å². The molecule has 15 heavy (non-hydrogen) atoms. The Labute approximate surface area is 87.0 Å². The summed E-state index contributed by atoms with van der Waals surface area (Å²) in [7, 11) is 0. The third kappa shape index (κ3) is 2.74.